The van der Waals surface area contributed by atoms with E-state index < -0.39 is 0 Å². The molecule has 1 amide bonds. The van der Waals surface area contributed by atoms with Crippen molar-refractivity contribution in [2.45, 2.75) is 13.5 Å². The summed E-state index contributed by atoms with van der Waals surface area (Å²) in [6.45, 7) is 2.50. The highest BCUT2D eigenvalue weighted by molar-refractivity contribution is 5.95. The molecular formula is C22H20N2O2. The average molecular weight is 344 g/mol. The fraction of sp³-hybridized carbons (Fsp3) is 0.0909. The minimum absolute atomic E-state index is 0.261. The molecule has 26 heavy (non-hydrogen) atoms. The quantitative estimate of drug-likeness (QED) is 0.534. The van der Waals surface area contributed by atoms with E-state index in [1.165, 1.54) is 0 Å². The van der Waals surface area contributed by atoms with Crippen LogP contribution >= 0.6 is 0 Å². The average Bonchev–Trinajstić information content (AvgIpc) is 2.67. The zero-order valence-electron chi connectivity index (χ0n) is 14.6. The Bertz CT molecular complexity index is 888. The van der Waals surface area contributed by atoms with Crippen LogP contribution in [0.2, 0.25) is 0 Å². The zero-order valence-corrected chi connectivity index (χ0v) is 14.6. The molecule has 0 aromatic heterocycles. The van der Waals surface area contributed by atoms with E-state index in [2.05, 4.69) is 10.5 Å². The monoisotopic (exact) mass is 344 g/mol. The lowest BCUT2D eigenvalue weighted by Crippen LogP contribution is -2.17. The fourth-order valence-electron chi connectivity index (χ4n) is 2.42. The Morgan fingerprint density at radius 3 is 2.50 bits per heavy atom. The van der Waals surface area contributed by atoms with Gasteiger partial charge < -0.3 is 4.74 Å². The standard InChI is InChI=1S/C22H20N2O2/c1-17-6-5-9-19(14-17)15-23-24-22(25)20-10-12-21(13-11-20)26-16-18-7-3-2-4-8-18/h2-15H,16H2,1H3,(H,24,25). The van der Waals surface area contributed by atoms with Crippen LogP contribution in [0.3, 0.4) is 0 Å². The molecule has 4 nitrogen and oxygen atoms in total. The normalized spacial score (nSPS) is 10.7. The lowest BCUT2D eigenvalue weighted by molar-refractivity contribution is 0.0955. The van der Waals surface area contributed by atoms with Gasteiger partial charge in [-0.1, -0.05) is 60.2 Å². The first kappa shape index (κ1) is 17.4. The third-order valence-electron chi connectivity index (χ3n) is 3.79. The summed E-state index contributed by atoms with van der Waals surface area (Å²) < 4.78 is 5.72. The van der Waals surface area contributed by atoms with Crippen molar-refractivity contribution in [3.05, 3.63) is 101 Å². The maximum atomic E-state index is 12.1. The van der Waals surface area contributed by atoms with Gasteiger partial charge in [0.15, 0.2) is 0 Å². The predicted molar refractivity (Wildman–Crippen MR) is 103 cm³/mol. The van der Waals surface area contributed by atoms with Gasteiger partial charge in [-0.15, -0.1) is 0 Å². The molecule has 0 spiro atoms. The molecule has 0 fully saturated rings. The van der Waals surface area contributed by atoms with Crippen molar-refractivity contribution in [2.24, 2.45) is 5.10 Å². The van der Waals surface area contributed by atoms with Gasteiger partial charge in [-0.05, 0) is 42.3 Å². The van der Waals surface area contributed by atoms with Crippen molar-refractivity contribution >= 4 is 12.1 Å². The molecule has 0 aliphatic heterocycles. The van der Waals surface area contributed by atoms with E-state index in [0.29, 0.717) is 17.9 Å². The number of benzene rings is 3. The van der Waals surface area contributed by atoms with Gasteiger partial charge in [0.2, 0.25) is 0 Å². The third kappa shape index (κ3) is 5.05. The first-order valence-corrected chi connectivity index (χ1v) is 8.37. The molecule has 1 N–H and O–H groups in total. The Hall–Kier alpha value is -3.40. The Labute approximate surface area is 153 Å². The smallest absolute Gasteiger partial charge is 0.271 e. The van der Waals surface area contributed by atoms with Gasteiger partial charge in [-0.25, -0.2) is 5.43 Å². The molecule has 0 bridgehead atoms. The van der Waals surface area contributed by atoms with Crippen LogP contribution in [0.1, 0.15) is 27.0 Å². The Morgan fingerprint density at radius 2 is 1.77 bits per heavy atom. The first-order chi connectivity index (χ1) is 12.7. The summed E-state index contributed by atoms with van der Waals surface area (Å²) in [5, 5.41) is 4.00. The van der Waals surface area contributed by atoms with Gasteiger partial charge in [-0.2, -0.15) is 5.10 Å². The number of amides is 1. The maximum absolute atomic E-state index is 12.1. The third-order valence-corrected chi connectivity index (χ3v) is 3.79. The number of carbonyl (C=O) groups excluding carboxylic acids is 1. The minimum Gasteiger partial charge on any atom is -0.489 e. The number of rotatable bonds is 6. The molecule has 0 unspecified atom stereocenters. The van der Waals surface area contributed by atoms with E-state index in [4.69, 9.17) is 4.74 Å². The summed E-state index contributed by atoms with van der Waals surface area (Å²) in [6.07, 6.45) is 1.63. The molecule has 3 aromatic rings. The molecule has 0 radical (unpaired) electrons. The first-order valence-electron chi connectivity index (χ1n) is 8.37. The Balaban J connectivity index is 1.53. The summed E-state index contributed by atoms with van der Waals surface area (Å²) in [5.41, 5.74) is 6.24. The summed E-state index contributed by atoms with van der Waals surface area (Å²) in [6, 6.07) is 24.8. The number of hydrogen-bond donors (Lipinski definition) is 1. The van der Waals surface area contributed by atoms with Gasteiger partial charge in [0, 0.05) is 5.56 Å². The van der Waals surface area contributed by atoms with Gasteiger partial charge in [0.25, 0.3) is 5.91 Å². The number of ether oxygens (including phenoxy) is 1. The van der Waals surface area contributed by atoms with Gasteiger partial charge in [-0.3, -0.25) is 4.79 Å². The summed E-state index contributed by atoms with van der Waals surface area (Å²) in [7, 11) is 0. The predicted octanol–water partition coefficient (Wildman–Crippen LogP) is 4.34. The van der Waals surface area contributed by atoms with Gasteiger partial charge in [0.1, 0.15) is 12.4 Å². The van der Waals surface area contributed by atoms with Crippen LogP contribution in [0.25, 0.3) is 0 Å². The van der Waals surface area contributed by atoms with Crippen LogP contribution in [-0.2, 0) is 6.61 Å². The second-order valence-corrected chi connectivity index (χ2v) is 5.91. The number of nitrogens with zero attached hydrogens (tertiary/aromatic N) is 1. The van der Waals surface area contributed by atoms with Crippen LogP contribution < -0.4 is 10.2 Å². The van der Waals surface area contributed by atoms with Crippen LogP contribution in [0, 0.1) is 6.92 Å². The maximum Gasteiger partial charge on any atom is 0.271 e. The molecule has 0 heterocycles. The topological polar surface area (TPSA) is 50.7 Å². The van der Waals surface area contributed by atoms with Crippen molar-refractivity contribution in [1.82, 2.24) is 5.43 Å². The lowest BCUT2D eigenvalue weighted by atomic mass is 10.2. The highest BCUT2D eigenvalue weighted by Crippen LogP contribution is 2.14. The molecule has 4 heteroatoms. The molecule has 0 aliphatic rings. The van der Waals surface area contributed by atoms with E-state index in [-0.39, 0.29) is 5.91 Å². The zero-order chi connectivity index (χ0) is 18.2. The fourth-order valence-corrected chi connectivity index (χ4v) is 2.42. The highest BCUT2D eigenvalue weighted by Gasteiger charge is 2.04. The summed E-state index contributed by atoms with van der Waals surface area (Å²) >= 11 is 0. The largest absolute Gasteiger partial charge is 0.489 e. The van der Waals surface area contributed by atoms with Crippen LogP contribution in [-0.4, -0.2) is 12.1 Å². The summed E-state index contributed by atoms with van der Waals surface area (Å²) in [5.74, 6) is 0.456. The van der Waals surface area contributed by atoms with Crippen molar-refractivity contribution in [2.75, 3.05) is 0 Å². The highest BCUT2D eigenvalue weighted by atomic mass is 16.5. The van der Waals surface area contributed by atoms with Crippen molar-refractivity contribution in [3.8, 4) is 5.75 Å². The molecular weight excluding hydrogens is 324 g/mol. The summed E-state index contributed by atoms with van der Waals surface area (Å²) in [4.78, 5) is 12.1. The lowest BCUT2D eigenvalue weighted by Gasteiger charge is -2.07. The van der Waals surface area contributed by atoms with Crippen molar-refractivity contribution < 1.29 is 9.53 Å². The molecule has 0 aliphatic carbocycles. The Morgan fingerprint density at radius 1 is 1.00 bits per heavy atom. The van der Waals surface area contributed by atoms with Crippen molar-refractivity contribution in [1.29, 1.82) is 0 Å². The van der Waals surface area contributed by atoms with E-state index in [9.17, 15) is 4.79 Å². The van der Waals surface area contributed by atoms with Gasteiger partial charge >= 0.3 is 0 Å². The van der Waals surface area contributed by atoms with E-state index in [0.717, 1.165) is 16.7 Å². The molecule has 0 saturated heterocycles. The second-order valence-electron chi connectivity index (χ2n) is 5.91. The number of hydrogen-bond acceptors (Lipinski definition) is 3. The van der Waals surface area contributed by atoms with E-state index in [1.54, 1.807) is 30.5 Å². The van der Waals surface area contributed by atoms with Gasteiger partial charge in [0.05, 0.1) is 6.21 Å². The van der Waals surface area contributed by atoms with Crippen LogP contribution in [0.4, 0.5) is 0 Å². The van der Waals surface area contributed by atoms with Crippen LogP contribution in [0.15, 0.2) is 84.0 Å². The molecule has 0 atom stereocenters. The molecule has 130 valence electrons. The van der Waals surface area contributed by atoms with Crippen LogP contribution in [0.5, 0.6) is 5.75 Å². The second kappa shape index (κ2) is 8.62. The molecule has 3 rings (SSSR count). The number of aryl methyl sites for hydroxylation is 1. The number of hydrazone groups is 1. The van der Waals surface area contributed by atoms with E-state index >= 15 is 0 Å². The number of nitrogens with one attached hydrogen (secondary N) is 1. The Kier molecular flexibility index (Phi) is 5.78. The minimum atomic E-state index is -0.261. The van der Waals surface area contributed by atoms with E-state index in [1.807, 2.05) is 61.5 Å². The molecule has 3 aromatic carbocycles. The number of carbonyl (C=O) groups is 1. The SMILES string of the molecule is Cc1cccc(C=NNC(=O)c2ccc(OCc3ccccc3)cc2)c1. The van der Waals surface area contributed by atoms with Crippen molar-refractivity contribution in [3.63, 3.8) is 0 Å². The molecule has 0 saturated carbocycles.